The Morgan fingerprint density at radius 3 is 2.09 bits per heavy atom. The van der Waals surface area contributed by atoms with Crippen LogP contribution >= 0.6 is 0 Å². The molecule has 2 aromatic carbocycles. The van der Waals surface area contributed by atoms with Crippen molar-refractivity contribution in [2.24, 2.45) is 5.41 Å². The van der Waals surface area contributed by atoms with Gasteiger partial charge in [-0.25, -0.2) is 0 Å². The Balaban J connectivity index is 1.54. The van der Waals surface area contributed by atoms with Crippen LogP contribution in [-0.4, -0.2) is 31.7 Å². The molecule has 0 radical (unpaired) electrons. The molecule has 0 amide bonds. The van der Waals surface area contributed by atoms with Gasteiger partial charge in [-0.3, -0.25) is 4.90 Å². The van der Waals surface area contributed by atoms with E-state index in [-0.39, 0.29) is 0 Å². The van der Waals surface area contributed by atoms with E-state index in [9.17, 15) is 0 Å². The Hall–Kier alpha value is -1.64. The maximum absolute atomic E-state index is 5.51. The first-order valence-corrected chi connectivity index (χ1v) is 8.09. The number of benzene rings is 2. The van der Waals surface area contributed by atoms with E-state index in [0.29, 0.717) is 5.41 Å². The second-order valence-electron chi connectivity index (χ2n) is 6.55. The van der Waals surface area contributed by atoms with Gasteiger partial charge >= 0.3 is 0 Å². The van der Waals surface area contributed by atoms with Crippen molar-refractivity contribution < 1.29 is 4.74 Å². The quantitative estimate of drug-likeness (QED) is 0.771. The summed E-state index contributed by atoms with van der Waals surface area (Å²) in [6.45, 7) is 4.20. The van der Waals surface area contributed by atoms with Gasteiger partial charge in [0.2, 0.25) is 0 Å². The minimum atomic E-state index is 0.333. The number of methoxy groups -OCH3 is 1. The molecule has 1 fully saturated rings. The van der Waals surface area contributed by atoms with Crippen LogP contribution in [0.2, 0.25) is 0 Å². The number of rotatable bonds is 7. The third kappa shape index (κ3) is 3.76. The van der Waals surface area contributed by atoms with Gasteiger partial charge in [0.05, 0.1) is 6.61 Å². The number of nitrogens with zero attached hydrogens (tertiary/aromatic N) is 1. The van der Waals surface area contributed by atoms with E-state index in [1.54, 1.807) is 0 Å². The molecule has 116 valence electrons. The van der Waals surface area contributed by atoms with Gasteiger partial charge in [-0.2, -0.15) is 0 Å². The number of hydrogen-bond donors (Lipinski definition) is 0. The molecular formula is C20H25NO. The van der Waals surface area contributed by atoms with Gasteiger partial charge in [0, 0.05) is 32.2 Å². The molecule has 0 aromatic heterocycles. The molecule has 2 heteroatoms. The van der Waals surface area contributed by atoms with Gasteiger partial charge in [-0.1, -0.05) is 60.7 Å². The second-order valence-corrected chi connectivity index (χ2v) is 6.55. The van der Waals surface area contributed by atoms with E-state index >= 15 is 0 Å². The Labute approximate surface area is 133 Å². The lowest BCUT2D eigenvalue weighted by molar-refractivity contribution is -0.0633. The zero-order valence-corrected chi connectivity index (χ0v) is 13.4. The zero-order chi connectivity index (χ0) is 15.3. The molecule has 1 aliphatic rings. The average molecular weight is 295 g/mol. The van der Waals surface area contributed by atoms with Crippen LogP contribution in [0.4, 0.5) is 0 Å². The normalized spacial score (nSPS) is 17.1. The first-order valence-electron chi connectivity index (χ1n) is 8.09. The van der Waals surface area contributed by atoms with Gasteiger partial charge in [-0.15, -0.1) is 0 Å². The largest absolute Gasteiger partial charge is 0.384 e. The van der Waals surface area contributed by atoms with Gasteiger partial charge < -0.3 is 4.74 Å². The summed E-state index contributed by atoms with van der Waals surface area (Å²) >= 11 is 0. The van der Waals surface area contributed by atoms with Crippen molar-refractivity contribution in [2.75, 3.05) is 26.8 Å². The van der Waals surface area contributed by atoms with Crippen molar-refractivity contribution in [2.45, 2.75) is 19.4 Å². The molecule has 1 heterocycles. The first-order chi connectivity index (χ1) is 10.8. The second kappa shape index (κ2) is 7.08. The minimum absolute atomic E-state index is 0.333. The van der Waals surface area contributed by atoms with Crippen LogP contribution in [0.25, 0.3) is 0 Å². The fourth-order valence-corrected chi connectivity index (χ4v) is 3.54. The van der Waals surface area contributed by atoms with Gasteiger partial charge in [0.25, 0.3) is 0 Å². The molecule has 1 aliphatic heterocycles. The molecular weight excluding hydrogens is 270 g/mol. The van der Waals surface area contributed by atoms with Crippen LogP contribution in [0.15, 0.2) is 60.7 Å². The molecule has 0 aliphatic carbocycles. The fourth-order valence-electron chi connectivity index (χ4n) is 3.54. The summed E-state index contributed by atoms with van der Waals surface area (Å²) in [5.74, 6) is 0. The Morgan fingerprint density at radius 1 is 0.909 bits per heavy atom. The van der Waals surface area contributed by atoms with Crippen molar-refractivity contribution in [1.29, 1.82) is 0 Å². The van der Waals surface area contributed by atoms with Crippen LogP contribution in [0.3, 0.4) is 0 Å². The summed E-state index contributed by atoms with van der Waals surface area (Å²) in [7, 11) is 1.82. The van der Waals surface area contributed by atoms with Crippen LogP contribution in [0.1, 0.15) is 17.5 Å². The first kappa shape index (κ1) is 15.3. The molecule has 3 rings (SSSR count). The zero-order valence-electron chi connectivity index (χ0n) is 13.4. The van der Waals surface area contributed by atoms with Crippen molar-refractivity contribution in [3.8, 4) is 0 Å². The van der Waals surface area contributed by atoms with Crippen molar-refractivity contribution in [3.63, 3.8) is 0 Å². The number of ether oxygens (including phenoxy) is 1. The number of hydrogen-bond acceptors (Lipinski definition) is 2. The lowest BCUT2D eigenvalue weighted by Crippen LogP contribution is -2.58. The van der Waals surface area contributed by atoms with E-state index in [2.05, 4.69) is 65.6 Å². The highest BCUT2D eigenvalue weighted by molar-refractivity contribution is 5.17. The summed E-state index contributed by atoms with van der Waals surface area (Å²) in [5, 5.41) is 0. The fraction of sp³-hybridized carbons (Fsp3) is 0.400. The van der Waals surface area contributed by atoms with Crippen LogP contribution < -0.4 is 0 Å². The minimum Gasteiger partial charge on any atom is -0.384 e. The Bertz CT molecular complexity index is 561. The van der Waals surface area contributed by atoms with Crippen LogP contribution in [0, 0.1) is 5.41 Å². The summed E-state index contributed by atoms with van der Waals surface area (Å²) < 4.78 is 5.51. The molecule has 2 nitrogen and oxygen atoms in total. The summed E-state index contributed by atoms with van der Waals surface area (Å²) in [6.07, 6.45) is 2.35. The maximum Gasteiger partial charge on any atom is 0.0543 e. The van der Waals surface area contributed by atoms with E-state index in [1.165, 1.54) is 17.5 Å². The summed E-state index contributed by atoms with van der Waals surface area (Å²) in [5.41, 5.74) is 3.16. The van der Waals surface area contributed by atoms with Crippen molar-refractivity contribution >= 4 is 0 Å². The van der Waals surface area contributed by atoms with Gasteiger partial charge in [0.1, 0.15) is 0 Å². The third-order valence-electron chi connectivity index (χ3n) is 4.60. The van der Waals surface area contributed by atoms with Gasteiger partial charge in [0.15, 0.2) is 0 Å². The highest BCUT2D eigenvalue weighted by Crippen LogP contribution is 2.36. The van der Waals surface area contributed by atoms with Gasteiger partial charge in [-0.05, 0) is 24.0 Å². The molecule has 0 saturated carbocycles. The monoisotopic (exact) mass is 295 g/mol. The average Bonchev–Trinajstić information content (AvgIpc) is 2.53. The molecule has 0 atom stereocenters. The van der Waals surface area contributed by atoms with Crippen LogP contribution in [0.5, 0.6) is 0 Å². The molecule has 0 N–H and O–H groups in total. The molecule has 1 saturated heterocycles. The third-order valence-corrected chi connectivity index (χ3v) is 4.60. The highest BCUT2D eigenvalue weighted by Gasteiger charge is 2.42. The lowest BCUT2D eigenvalue weighted by atomic mass is 9.75. The topological polar surface area (TPSA) is 12.5 Å². The molecule has 0 spiro atoms. The maximum atomic E-state index is 5.51. The number of aryl methyl sites for hydroxylation is 1. The lowest BCUT2D eigenvalue weighted by Gasteiger charge is -2.50. The molecule has 2 aromatic rings. The van der Waals surface area contributed by atoms with Crippen LogP contribution in [-0.2, 0) is 17.7 Å². The van der Waals surface area contributed by atoms with E-state index < -0.39 is 0 Å². The predicted molar refractivity (Wildman–Crippen MR) is 90.8 cm³/mol. The summed E-state index contributed by atoms with van der Waals surface area (Å²) in [6, 6.07) is 21.5. The molecule has 0 bridgehead atoms. The molecule has 22 heavy (non-hydrogen) atoms. The SMILES string of the molecule is COCC1(CCc2ccccc2)CN(Cc2ccccc2)C1. The smallest absolute Gasteiger partial charge is 0.0543 e. The predicted octanol–water partition coefficient (Wildman–Crippen LogP) is 3.77. The van der Waals surface area contributed by atoms with Crippen molar-refractivity contribution in [1.82, 2.24) is 4.90 Å². The van der Waals surface area contributed by atoms with E-state index in [0.717, 1.165) is 32.7 Å². The number of likely N-dealkylation sites (tertiary alicyclic amines) is 1. The van der Waals surface area contributed by atoms with E-state index in [4.69, 9.17) is 4.74 Å². The Kier molecular flexibility index (Phi) is 4.91. The Morgan fingerprint density at radius 2 is 1.50 bits per heavy atom. The van der Waals surface area contributed by atoms with E-state index in [1.807, 2.05) is 7.11 Å². The molecule has 0 unspecified atom stereocenters. The van der Waals surface area contributed by atoms with Crippen molar-refractivity contribution in [3.05, 3.63) is 71.8 Å². The highest BCUT2D eigenvalue weighted by atomic mass is 16.5. The standard InChI is InChI=1S/C20H25NO/c1-22-17-20(13-12-18-8-4-2-5-9-18)15-21(16-20)14-19-10-6-3-7-11-19/h2-11H,12-17H2,1H3. The summed E-state index contributed by atoms with van der Waals surface area (Å²) in [4.78, 5) is 2.53.